The van der Waals surface area contributed by atoms with E-state index >= 15 is 0 Å². The van der Waals surface area contributed by atoms with Gasteiger partial charge in [-0.2, -0.15) is 8.42 Å². The van der Waals surface area contributed by atoms with Crippen LogP contribution in [0, 0.1) is 22.9 Å². The molecule has 0 saturated heterocycles. The van der Waals surface area contributed by atoms with Crippen molar-refractivity contribution in [2.45, 2.75) is 11.8 Å². The average Bonchev–Trinajstić information content (AvgIpc) is 3.11. The summed E-state index contributed by atoms with van der Waals surface area (Å²) in [6.45, 7) is 1.44. The van der Waals surface area contributed by atoms with Crippen molar-refractivity contribution in [2.24, 2.45) is 0 Å². The Balaban J connectivity index is 2.06. The average molecular weight is 393 g/mol. The fourth-order valence-electron chi connectivity index (χ4n) is 2.27. The van der Waals surface area contributed by atoms with Crippen LogP contribution in [0.15, 0.2) is 58.8 Å². The molecule has 0 bridgehead atoms. The van der Waals surface area contributed by atoms with Gasteiger partial charge in [0.2, 0.25) is 0 Å². The molecule has 3 aromatic rings. The van der Waals surface area contributed by atoms with Crippen LogP contribution in [0.1, 0.15) is 5.56 Å². The predicted octanol–water partition coefficient (Wildman–Crippen LogP) is 4.54. The van der Waals surface area contributed by atoms with E-state index in [1.807, 2.05) is 0 Å². The monoisotopic (exact) mass is 393 g/mol. The van der Waals surface area contributed by atoms with E-state index in [1.165, 1.54) is 36.5 Å². The van der Waals surface area contributed by atoms with Gasteiger partial charge in [0.25, 0.3) is 5.69 Å². The molecule has 134 valence electrons. The highest BCUT2D eigenvalue weighted by Gasteiger charge is 2.22. The number of halogens is 1. The number of benzene rings is 2. The van der Waals surface area contributed by atoms with Gasteiger partial charge in [-0.15, -0.1) is 11.3 Å². The molecule has 3 rings (SSSR count). The molecule has 1 heterocycles. The Hall–Kier alpha value is -2.78. The number of hydrogen-bond donors (Lipinski definition) is 0. The summed E-state index contributed by atoms with van der Waals surface area (Å²) < 4.78 is 43.7. The van der Waals surface area contributed by atoms with Crippen molar-refractivity contribution in [3.8, 4) is 16.2 Å². The van der Waals surface area contributed by atoms with Gasteiger partial charge in [0.15, 0.2) is 5.75 Å². The third-order valence-electron chi connectivity index (χ3n) is 3.58. The Labute approximate surface area is 152 Å². The highest BCUT2D eigenvalue weighted by molar-refractivity contribution is 7.87. The number of nitro groups is 1. The van der Waals surface area contributed by atoms with E-state index in [2.05, 4.69) is 0 Å². The molecule has 0 amide bonds. The lowest BCUT2D eigenvalue weighted by Crippen LogP contribution is -2.11. The predicted molar refractivity (Wildman–Crippen MR) is 95.4 cm³/mol. The van der Waals surface area contributed by atoms with E-state index in [-0.39, 0.29) is 27.5 Å². The van der Waals surface area contributed by atoms with Crippen molar-refractivity contribution < 1.29 is 21.9 Å². The van der Waals surface area contributed by atoms with Crippen LogP contribution in [0.5, 0.6) is 5.75 Å². The largest absolute Gasteiger partial charge is 0.378 e. The fraction of sp³-hybridized carbons (Fsp3) is 0.0588. The summed E-state index contributed by atoms with van der Waals surface area (Å²) in [7, 11) is -4.23. The van der Waals surface area contributed by atoms with Crippen LogP contribution in [0.25, 0.3) is 10.4 Å². The summed E-state index contributed by atoms with van der Waals surface area (Å²) in [6.07, 6.45) is 0. The Kier molecular flexibility index (Phi) is 4.75. The standard InChI is InChI=1S/C17H12FNO5S2/c1-11-9-13(5-6-15(11)18)26(22,23)24-16-7-4-12(19(20)21)10-14(16)17-3-2-8-25-17/h2-10H,1H3. The summed E-state index contributed by atoms with van der Waals surface area (Å²) in [4.78, 5) is 10.9. The van der Waals surface area contributed by atoms with Crippen molar-refractivity contribution in [3.63, 3.8) is 0 Å². The highest BCUT2D eigenvalue weighted by Crippen LogP contribution is 2.37. The van der Waals surface area contributed by atoms with Gasteiger partial charge in [-0.25, -0.2) is 4.39 Å². The number of hydrogen-bond acceptors (Lipinski definition) is 6. The maximum atomic E-state index is 13.4. The van der Waals surface area contributed by atoms with E-state index in [9.17, 15) is 22.9 Å². The number of aryl methyl sites for hydroxylation is 1. The first-order chi connectivity index (χ1) is 12.3. The normalized spacial score (nSPS) is 11.3. The van der Waals surface area contributed by atoms with Gasteiger partial charge in [0, 0.05) is 22.6 Å². The molecular formula is C17H12FNO5S2. The summed E-state index contributed by atoms with van der Waals surface area (Å²) in [5.41, 5.74) is 0.268. The first kappa shape index (κ1) is 18.0. The Morgan fingerprint density at radius 3 is 2.54 bits per heavy atom. The molecule has 6 nitrogen and oxygen atoms in total. The summed E-state index contributed by atoms with van der Waals surface area (Å²) in [6, 6.07) is 10.4. The van der Waals surface area contributed by atoms with Crippen LogP contribution in [-0.2, 0) is 10.1 Å². The van der Waals surface area contributed by atoms with Gasteiger partial charge in [0.05, 0.1) is 4.92 Å². The SMILES string of the molecule is Cc1cc(S(=O)(=O)Oc2ccc([N+](=O)[O-])cc2-c2cccs2)ccc1F. The highest BCUT2D eigenvalue weighted by atomic mass is 32.2. The van der Waals surface area contributed by atoms with Gasteiger partial charge in [-0.3, -0.25) is 10.1 Å². The lowest BCUT2D eigenvalue weighted by molar-refractivity contribution is -0.384. The smallest absolute Gasteiger partial charge is 0.339 e. The van der Waals surface area contributed by atoms with Crippen molar-refractivity contribution >= 4 is 27.1 Å². The molecule has 9 heteroatoms. The lowest BCUT2D eigenvalue weighted by atomic mass is 10.1. The Morgan fingerprint density at radius 1 is 1.15 bits per heavy atom. The molecular weight excluding hydrogens is 381 g/mol. The minimum Gasteiger partial charge on any atom is -0.378 e. The molecule has 2 aromatic carbocycles. The second-order valence-electron chi connectivity index (χ2n) is 5.36. The zero-order chi connectivity index (χ0) is 18.9. The van der Waals surface area contributed by atoms with Gasteiger partial charge in [-0.1, -0.05) is 6.07 Å². The minimum atomic E-state index is -4.23. The van der Waals surface area contributed by atoms with Gasteiger partial charge in [-0.05, 0) is 48.2 Å². The van der Waals surface area contributed by atoms with Crippen LogP contribution in [0.3, 0.4) is 0 Å². The van der Waals surface area contributed by atoms with E-state index in [0.29, 0.717) is 4.88 Å². The molecule has 0 unspecified atom stereocenters. The molecule has 0 fully saturated rings. The number of rotatable bonds is 5. The number of non-ortho nitro benzene ring substituents is 1. The first-order valence-corrected chi connectivity index (χ1v) is 9.60. The van der Waals surface area contributed by atoms with Crippen molar-refractivity contribution in [1.82, 2.24) is 0 Å². The number of nitrogens with zero attached hydrogens (tertiary/aromatic N) is 1. The molecule has 0 N–H and O–H groups in total. The maximum absolute atomic E-state index is 13.4. The van der Waals surface area contributed by atoms with E-state index in [0.717, 1.165) is 18.2 Å². The molecule has 0 spiro atoms. The van der Waals surface area contributed by atoms with Gasteiger partial charge < -0.3 is 4.18 Å². The maximum Gasteiger partial charge on any atom is 0.339 e. The molecule has 0 aliphatic rings. The van der Waals surface area contributed by atoms with Crippen LogP contribution in [-0.4, -0.2) is 13.3 Å². The minimum absolute atomic E-state index is 0.0416. The van der Waals surface area contributed by atoms with Gasteiger partial charge in [0.1, 0.15) is 10.7 Å². The first-order valence-electron chi connectivity index (χ1n) is 7.31. The quantitative estimate of drug-likeness (QED) is 0.361. The van der Waals surface area contributed by atoms with Crippen LogP contribution in [0.4, 0.5) is 10.1 Å². The third kappa shape index (κ3) is 3.58. The van der Waals surface area contributed by atoms with Crippen LogP contribution < -0.4 is 4.18 Å². The summed E-state index contributed by atoms with van der Waals surface area (Å²) >= 11 is 1.29. The van der Waals surface area contributed by atoms with E-state index in [4.69, 9.17) is 4.18 Å². The van der Waals surface area contributed by atoms with Crippen molar-refractivity contribution in [3.05, 3.63) is 75.4 Å². The third-order valence-corrected chi connectivity index (χ3v) is 5.71. The summed E-state index contributed by atoms with van der Waals surface area (Å²) in [5, 5.41) is 12.8. The number of thiophene rings is 1. The van der Waals surface area contributed by atoms with Gasteiger partial charge >= 0.3 is 10.1 Å². The fourth-order valence-corrected chi connectivity index (χ4v) is 4.05. The molecule has 0 saturated carbocycles. The molecule has 0 aliphatic heterocycles. The lowest BCUT2D eigenvalue weighted by Gasteiger charge is -2.11. The zero-order valence-corrected chi connectivity index (χ0v) is 15.0. The van der Waals surface area contributed by atoms with Crippen molar-refractivity contribution in [2.75, 3.05) is 0 Å². The van der Waals surface area contributed by atoms with E-state index < -0.39 is 20.9 Å². The van der Waals surface area contributed by atoms with Crippen LogP contribution >= 0.6 is 11.3 Å². The molecule has 0 atom stereocenters. The van der Waals surface area contributed by atoms with Crippen molar-refractivity contribution in [1.29, 1.82) is 0 Å². The molecule has 26 heavy (non-hydrogen) atoms. The topological polar surface area (TPSA) is 86.5 Å². The Morgan fingerprint density at radius 2 is 1.92 bits per heavy atom. The van der Waals surface area contributed by atoms with Crippen LogP contribution in [0.2, 0.25) is 0 Å². The Bertz CT molecular complexity index is 1080. The second-order valence-corrected chi connectivity index (χ2v) is 7.86. The zero-order valence-electron chi connectivity index (χ0n) is 13.4. The second kappa shape index (κ2) is 6.85. The summed E-state index contributed by atoms with van der Waals surface area (Å²) in [5.74, 6) is -0.571. The van der Waals surface area contributed by atoms with E-state index in [1.54, 1.807) is 17.5 Å². The molecule has 1 aromatic heterocycles. The molecule has 0 aliphatic carbocycles. The number of nitro benzene ring substituents is 1. The molecule has 0 radical (unpaired) electrons.